The van der Waals surface area contributed by atoms with Crippen molar-refractivity contribution in [1.82, 2.24) is 0 Å². The number of halogens is 1. The molecule has 0 aliphatic carbocycles. The van der Waals surface area contributed by atoms with E-state index in [-0.39, 0.29) is 19.0 Å². The van der Waals surface area contributed by atoms with E-state index in [2.05, 4.69) is 15.9 Å². The normalized spacial score (nSPS) is 13.0. The van der Waals surface area contributed by atoms with Gasteiger partial charge in [0.15, 0.2) is 11.5 Å². The Morgan fingerprint density at radius 1 is 1.53 bits per heavy atom. The maximum absolute atomic E-state index is 11.5. The van der Waals surface area contributed by atoms with Gasteiger partial charge in [-0.1, -0.05) is 15.9 Å². The van der Waals surface area contributed by atoms with E-state index in [0.717, 1.165) is 0 Å². The smallest absolute Gasteiger partial charge is 0.348 e. The van der Waals surface area contributed by atoms with Gasteiger partial charge in [0.25, 0.3) is 0 Å². The first-order valence-electron chi connectivity index (χ1n) is 5.53. The van der Waals surface area contributed by atoms with Gasteiger partial charge in [0.1, 0.15) is 11.6 Å². The maximum Gasteiger partial charge on any atom is 0.348 e. The topological polar surface area (TPSA) is 68.6 Å². The predicted octanol–water partition coefficient (Wildman–Crippen LogP) is 2.65. The summed E-state index contributed by atoms with van der Waals surface area (Å²) in [5.41, 5.74) is 0.579. The van der Waals surface area contributed by atoms with Crippen LogP contribution in [0.1, 0.15) is 12.5 Å². The summed E-state index contributed by atoms with van der Waals surface area (Å²) >= 11 is 3.35. The third-order valence-corrected chi connectivity index (χ3v) is 3.09. The number of rotatable bonds is 3. The van der Waals surface area contributed by atoms with Crippen molar-refractivity contribution in [1.29, 1.82) is 5.26 Å². The first-order chi connectivity index (χ1) is 9.15. The van der Waals surface area contributed by atoms with Crippen LogP contribution >= 0.6 is 15.9 Å². The number of fused-ring (bicyclic) bond motifs is 1. The maximum atomic E-state index is 11.5. The molecule has 0 saturated heterocycles. The summed E-state index contributed by atoms with van der Waals surface area (Å²) in [7, 11) is 0. The molecule has 0 unspecified atom stereocenters. The van der Waals surface area contributed by atoms with Crippen LogP contribution in [-0.2, 0) is 9.53 Å². The van der Waals surface area contributed by atoms with Crippen LogP contribution in [0.25, 0.3) is 6.08 Å². The van der Waals surface area contributed by atoms with Gasteiger partial charge < -0.3 is 14.2 Å². The predicted molar refractivity (Wildman–Crippen MR) is 70.5 cm³/mol. The summed E-state index contributed by atoms with van der Waals surface area (Å²) in [5, 5.41) is 8.98. The lowest BCUT2D eigenvalue weighted by Crippen LogP contribution is -2.06. The molecule has 1 aromatic carbocycles. The van der Waals surface area contributed by atoms with Crippen molar-refractivity contribution in [3.05, 3.63) is 27.7 Å². The van der Waals surface area contributed by atoms with Crippen molar-refractivity contribution in [2.24, 2.45) is 0 Å². The van der Waals surface area contributed by atoms with E-state index in [0.29, 0.717) is 21.5 Å². The third-order valence-electron chi connectivity index (χ3n) is 2.41. The van der Waals surface area contributed by atoms with Gasteiger partial charge in [-0.3, -0.25) is 0 Å². The molecule has 0 spiro atoms. The Morgan fingerprint density at radius 3 is 2.84 bits per heavy atom. The average molecular weight is 324 g/mol. The van der Waals surface area contributed by atoms with E-state index in [9.17, 15) is 4.79 Å². The highest BCUT2D eigenvalue weighted by molar-refractivity contribution is 9.10. The van der Waals surface area contributed by atoms with Crippen molar-refractivity contribution < 1.29 is 19.0 Å². The van der Waals surface area contributed by atoms with E-state index in [4.69, 9.17) is 19.5 Å². The fourth-order valence-electron chi connectivity index (χ4n) is 1.54. The minimum atomic E-state index is -0.644. The number of ether oxygens (including phenoxy) is 3. The number of hydrogen-bond donors (Lipinski definition) is 0. The number of nitrogens with zero attached hydrogens (tertiary/aromatic N) is 1. The van der Waals surface area contributed by atoms with Gasteiger partial charge in [0.2, 0.25) is 6.79 Å². The Morgan fingerprint density at radius 2 is 2.21 bits per heavy atom. The van der Waals surface area contributed by atoms with E-state index in [1.807, 2.05) is 6.07 Å². The van der Waals surface area contributed by atoms with Crippen molar-refractivity contribution in [3.8, 4) is 17.6 Å². The monoisotopic (exact) mass is 323 g/mol. The largest absolute Gasteiger partial charge is 0.462 e. The Kier molecular flexibility index (Phi) is 4.07. The van der Waals surface area contributed by atoms with E-state index < -0.39 is 5.97 Å². The van der Waals surface area contributed by atoms with Gasteiger partial charge in [0.05, 0.1) is 6.61 Å². The first-order valence-corrected chi connectivity index (χ1v) is 6.33. The molecule has 1 aliphatic rings. The molecule has 0 atom stereocenters. The standard InChI is InChI=1S/C13H10BrNO4/c1-2-17-13(16)9(6-15)3-8-4-11-12(5-10(8)14)19-7-18-11/h3-5H,2,7H2,1H3/b9-3-. The summed E-state index contributed by atoms with van der Waals surface area (Å²) in [5.74, 6) is 0.559. The molecule has 0 bridgehead atoms. The zero-order valence-electron chi connectivity index (χ0n) is 10.1. The van der Waals surface area contributed by atoms with Gasteiger partial charge in [-0.2, -0.15) is 5.26 Å². The Balaban J connectivity index is 2.36. The second-order valence-electron chi connectivity index (χ2n) is 3.62. The molecule has 1 aromatic rings. The number of hydrogen-bond acceptors (Lipinski definition) is 5. The second-order valence-corrected chi connectivity index (χ2v) is 4.47. The summed E-state index contributed by atoms with van der Waals surface area (Å²) in [6.07, 6.45) is 1.45. The molecular weight excluding hydrogens is 314 g/mol. The van der Waals surface area contributed by atoms with Crippen LogP contribution in [0.3, 0.4) is 0 Å². The number of benzene rings is 1. The lowest BCUT2D eigenvalue weighted by atomic mass is 10.1. The molecule has 1 heterocycles. The highest BCUT2D eigenvalue weighted by atomic mass is 79.9. The average Bonchev–Trinajstić information content (AvgIpc) is 2.83. The molecular formula is C13H10BrNO4. The highest BCUT2D eigenvalue weighted by Crippen LogP contribution is 2.37. The molecule has 19 heavy (non-hydrogen) atoms. The van der Waals surface area contributed by atoms with Gasteiger partial charge in [-0.05, 0) is 30.7 Å². The molecule has 0 saturated carbocycles. The van der Waals surface area contributed by atoms with E-state index >= 15 is 0 Å². The molecule has 0 aromatic heterocycles. The molecule has 6 heteroatoms. The number of nitriles is 1. The summed E-state index contributed by atoms with van der Waals surface area (Å²) in [4.78, 5) is 11.5. The van der Waals surface area contributed by atoms with E-state index in [1.54, 1.807) is 19.1 Å². The minimum Gasteiger partial charge on any atom is -0.462 e. The van der Waals surface area contributed by atoms with Crippen molar-refractivity contribution in [2.45, 2.75) is 6.92 Å². The first kappa shape index (κ1) is 13.4. The van der Waals surface area contributed by atoms with Gasteiger partial charge in [0, 0.05) is 4.47 Å². The molecule has 0 fully saturated rings. The molecule has 98 valence electrons. The molecule has 0 radical (unpaired) electrons. The van der Waals surface area contributed by atoms with Gasteiger partial charge in [-0.25, -0.2) is 4.79 Å². The quantitative estimate of drug-likeness (QED) is 0.486. The molecule has 2 rings (SSSR count). The zero-order valence-corrected chi connectivity index (χ0v) is 11.7. The summed E-state index contributed by atoms with van der Waals surface area (Å²) < 4.78 is 16.0. The Bertz CT molecular complexity index is 589. The van der Waals surface area contributed by atoms with Crippen LogP contribution < -0.4 is 9.47 Å². The van der Waals surface area contributed by atoms with Crippen LogP contribution in [0.5, 0.6) is 11.5 Å². The molecule has 0 amide bonds. The fourth-order valence-corrected chi connectivity index (χ4v) is 1.98. The van der Waals surface area contributed by atoms with Crippen LogP contribution in [0, 0.1) is 11.3 Å². The second kappa shape index (κ2) is 5.76. The summed E-state index contributed by atoms with van der Waals surface area (Å²) in [6.45, 7) is 2.07. The van der Waals surface area contributed by atoms with Crippen LogP contribution in [0.15, 0.2) is 22.2 Å². The highest BCUT2D eigenvalue weighted by Gasteiger charge is 2.17. The van der Waals surface area contributed by atoms with Crippen molar-refractivity contribution in [2.75, 3.05) is 13.4 Å². The molecule has 1 aliphatic heterocycles. The number of carbonyl (C=O) groups is 1. The third kappa shape index (κ3) is 2.88. The minimum absolute atomic E-state index is 0.0681. The van der Waals surface area contributed by atoms with Gasteiger partial charge >= 0.3 is 5.97 Å². The molecule has 5 nitrogen and oxygen atoms in total. The lowest BCUT2D eigenvalue weighted by molar-refractivity contribution is -0.137. The van der Waals surface area contributed by atoms with Crippen LogP contribution in [0.4, 0.5) is 0 Å². The van der Waals surface area contributed by atoms with Crippen molar-refractivity contribution >= 4 is 28.0 Å². The van der Waals surface area contributed by atoms with Crippen LogP contribution in [0.2, 0.25) is 0 Å². The zero-order chi connectivity index (χ0) is 13.8. The Hall–Kier alpha value is -2.00. The lowest BCUT2D eigenvalue weighted by Gasteiger charge is -2.03. The number of esters is 1. The summed E-state index contributed by atoms with van der Waals surface area (Å²) in [6, 6.07) is 5.25. The van der Waals surface area contributed by atoms with E-state index in [1.165, 1.54) is 6.08 Å². The fraction of sp³-hybridized carbons (Fsp3) is 0.231. The SMILES string of the molecule is CCOC(=O)/C(C#N)=C\c1cc2c(cc1Br)OCO2. The molecule has 0 N–H and O–H groups in total. The van der Waals surface area contributed by atoms with Crippen LogP contribution in [-0.4, -0.2) is 19.4 Å². The van der Waals surface area contributed by atoms with Crippen molar-refractivity contribution in [3.63, 3.8) is 0 Å². The number of carbonyl (C=O) groups excluding carboxylic acids is 1. The van der Waals surface area contributed by atoms with Gasteiger partial charge in [-0.15, -0.1) is 0 Å². The Labute approximate surface area is 118 Å².